The van der Waals surface area contributed by atoms with Crippen LogP contribution in [0.5, 0.6) is 5.75 Å². The van der Waals surface area contributed by atoms with Crippen LogP contribution in [0.1, 0.15) is 12.8 Å². The van der Waals surface area contributed by atoms with Gasteiger partial charge in [-0.2, -0.15) is 13.2 Å². The molecule has 0 atom stereocenters. The van der Waals surface area contributed by atoms with E-state index in [1.807, 2.05) is 59.1 Å². The molecule has 1 saturated heterocycles. The molecule has 29 heavy (non-hydrogen) atoms. The maximum absolute atomic E-state index is 12.8. The van der Waals surface area contributed by atoms with Crippen molar-refractivity contribution in [2.45, 2.75) is 19.0 Å². The number of rotatable bonds is 4. The summed E-state index contributed by atoms with van der Waals surface area (Å²) in [5, 5.41) is 4.44. The second-order valence-electron chi connectivity index (χ2n) is 7.51. The van der Waals surface area contributed by atoms with E-state index in [4.69, 9.17) is 4.74 Å². The molecule has 1 fully saturated rings. The van der Waals surface area contributed by atoms with Crippen molar-refractivity contribution < 1.29 is 17.9 Å². The number of methoxy groups -OCH3 is 1. The number of piperidine rings is 1. The number of anilines is 3. The Bertz CT molecular complexity index is 987. The fourth-order valence-corrected chi connectivity index (χ4v) is 3.97. The smallest absolute Gasteiger partial charge is 0.391 e. The number of hydrogen-bond donors (Lipinski definition) is 1. The Morgan fingerprint density at radius 3 is 2.31 bits per heavy atom. The molecule has 0 amide bonds. The Balaban J connectivity index is 1.47. The molecule has 0 spiro atoms. The minimum atomic E-state index is -4.08. The number of fused-ring (bicyclic) bond motifs is 1. The summed E-state index contributed by atoms with van der Waals surface area (Å²) < 4.78 is 46.1. The number of aryl methyl sites for hydroxylation is 1. The van der Waals surface area contributed by atoms with Gasteiger partial charge in [-0.3, -0.25) is 0 Å². The van der Waals surface area contributed by atoms with E-state index < -0.39 is 12.1 Å². The summed E-state index contributed by atoms with van der Waals surface area (Å²) in [6, 6.07) is 13.9. The van der Waals surface area contributed by atoms with Crippen molar-refractivity contribution >= 4 is 28.0 Å². The molecule has 2 heterocycles. The van der Waals surface area contributed by atoms with Crippen LogP contribution in [0.25, 0.3) is 10.9 Å². The molecule has 3 aromatic rings. The van der Waals surface area contributed by atoms with Crippen LogP contribution in [0.2, 0.25) is 0 Å². The first-order valence-corrected chi connectivity index (χ1v) is 9.67. The second-order valence-corrected chi connectivity index (χ2v) is 7.51. The Morgan fingerprint density at radius 2 is 1.69 bits per heavy atom. The summed E-state index contributed by atoms with van der Waals surface area (Å²) in [5.41, 5.74) is 3.84. The molecule has 4 rings (SSSR count). The van der Waals surface area contributed by atoms with Crippen LogP contribution in [-0.2, 0) is 7.05 Å². The first-order valence-electron chi connectivity index (χ1n) is 9.67. The Morgan fingerprint density at radius 1 is 1.00 bits per heavy atom. The monoisotopic (exact) mass is 403 g/mol. The molecular weight excluding hydrogens is 379 g/mol. The standard InChI is InChI=1S/C22H24F3N3O/c1-27-10-9-19-20(27)13-17(14-21(19)29-2)26-16-3-5-18(6-4-16)28-11-7-15(8-12-28)22(23,24)25/h3-6,9-10,13-15,26H,7-8,11-12H2,1-2H3. The normalized spacial score (nSPS) is 15.7. The zero-order valence-electron chi connectivity index (χ0n) is 16.5. The number of alkyl halides is 3. The Kier molecular flexibility index (Phi) is 5.06. The van der Waals surface area contributed by atoms with Crippen molar-refractivity contribution in [1.82, 2.24) is 4.57 Å². The van der Waals surface area contributed by atoms with Gasteiger partial charge < -0.3 is 19.5 Å². The SMILES string of the molecule is COc1cc(Nc2ccc(N3CCC(C(F)(F)F)CC3)cc2)cc2c1ccn2C. The fraction of sp³-hybridized carbons (Fsp3) is 0.364. The van der Waals surface area contributed by atoms with Gasteiger partial charge in [0.15, 0.2) is 0 Å². The summed E-state index contributed by atoms with van der Waals surface area (Å²) in [6.45, 7) is 0.858. The molecule has 1 aromatic heterocycles. The van der Waals surface area contributed by atoms with E-state index in [-0.39, 0.29) is 12.8 Å². The lowest BCUT2D eigenvalue weighted by molar-refractivity contribution is -0.179. The van der Waals surface area contributed by atoms with E-state index in [2.05, 4.69) is 11.4 Å². The van der Waals surface area contributed by atoms with Crippen LogP contribution in [0.4, 0.5) is 30.2 Å². The van der Waals surface area contributed by atoms with E-state index in [1.54, 1.807) is 7.11 Å². The van der Waals surface area contributed by atoms with Gasteiger partial charge in [0.25, 0.3) is 0 Å². The fourth-order valence-electron chi connectivity index (χ4n) is 3.97. The molecule has 1 aliphatic rings. The molecule has 154 valence electrons. The lowest BCUT2D eigenvalue weighted by Crippen LogP contribution is -2.38. The third-order valence-electron chi connectivity index (χ3n) is 5.66. The van der Waals surface area contributed by atoms with Crippen molar-refractivity contribution in [3.63, 3.8) is 0 Å². The topological polar surface area (TPSA) is 29.4 Å². The largest absolute Gasteiger partial charge is 0.496 e. The number of nitrogens with one attached hydrogen (secondary N) is 1. The van der Waals surface area contributed by atoms with Gasteiger partial charge >= 0.3 is 6.18 Å². The van der Waals surface area contributed by atoms with E-state index in [1.165, 1.54) is 0 Å². The Hall–Kier alpha value is -2.83. The lowest BCUT2D eigenvalue weighted by atomic mass is 9.96. The predicted octanol–water partition coefficient (Wildman–Crippen LogP) is 5.71. The van der Waals surface area contributed by atoms with E-state index in [0.29, 0.717) is 13.1 Å². The molecular formula is C22H24F3N3O. The molecule has 1 aliphatic heterocycles. The number of ether oxygens (including phenoxy) is 1. The van der Waals surface area contributed by atoms with Crippen molar-refractivity contribution in [3.05, 3.63) is 48.7 Å². The van der Waals surface area contributed by atoms with E-state index >= 15 is 0 Å². The lowest BCUT2D eigenvalue weighted by Gasteiger charge is -2.34. The van der Waals surface area contributed by atoms with Crippen molar-refractivity contribution in [3.8, 4) is 5.75 Å². The highest BCUT2D eigenvalue weighted by atomic mass is 19.4. The van der Waals surface area contributed by atoms with Crippen LogP contribution in [-0.4, -0.2) is 30.9 Å². The molecule has 7 heteroatoms. The van der Waals surface area contributed by atoms with Gasteiger partial charge in [-0.25, -0.2) is 0 Å². The maximum Gasteiger partial charge on any atom is 0.391 e. The molecule has 0 unspecified atom stereocenters. The highest BCUT2D eigenvalue weighted by Gasteiger charge is 2.41. The third-order valence-corrected chi connectivity index (χ3v) is 5.66. The zero-order chi connectivity index (χ0) is 20.6. The Labute approximate surface area is 167 Å². The maximum atomic E-state index is 12.8. The highest BCUT2D eigenvalue weighted by molar-refractivity contribution is 5.90. The molecule has 2 aromatic carbocycles. The van der Waals surface area contributed by atoms with Gasteiger partial charge in [-0.15, -0.1) is 0 Å². The van der Waals surface area contributed by atoms with Crippen LogP contribution in [0, 0.1) is 5.92 Å². The average Bonchev–Trinajstić information content (AvgIpc) is 3.08. The number of nitrogens with zero attached hydrogens (tertiary/aromatic N) is 2. The molecule has 4 nitrogen and oxygen atoms in total. The van der Waals surface area contributed by atoms with Gasteiger partial charge in [-0.05, 0) is 49.2 Å². The van der Waals surface area contributed by atoms with Crippen molar-refractivity contribution in [1.29, 1.82) is 0 Å². The second kappa shape index (κ2) is 7.54. The van der Waals surface area contributed by atoms with E-state index in [0.717, 1.165) is 33.7 Å². The molecule has 1 N–H and O–H groups in total. The van der Waals surface area contributed by atoms with Crippen molar-refractivity contribution in [2.24, 2.45) is 13.0 Å². The van der Waals surface area contributed by atoms with Crippen LogP contribution >= 0.6 is 0 Å². The summed E-state index contributed by atoms with van der Waals surface area (Å²) in [5.74, 6) is -0.378. The molecule has 0 radical (unpaired) electrons. The average molecular weight is 403 g/mol. The minimum Gasteiger partial charge on any atom is -0.496 e. The van der Waals surface area contributed by atoms with Crippen molar-refractivity contribution in [2.75, 3.05) is 30.4 Å². The van der Waals surface area contributed by atoms with E-state index in [9.17, 15) is 13.2 Å². The summed E-state index contributed by atoms with van der Waals surface area (Å²) >= 11 is 0. The highest BCUT2D eigenvalue weighted by Crippen LogP contribution is 2.36. The van der Waals surface area contributed by atoms with Crippen LogP contribution in [0.15, 0.2) is 48.7 Å². The molecule has 0 aliphatic carbocycles. The van der Waals surface area contributed by atoms with Gasteiger partial charge in [0.2, 0.25) is 0 Å². The van der Waals surface area contributed by atoms with Crippen LogP contribution in [0.3, 0.4) is 0 Å². The van der Waals surface area contributed by atoms with Gasteiger partial charge in [-0.1, -0.05) is 0 Å². The van der Waals surface area contributed by atoms with Gasteiger partial charge in [0, 0.05) is 54.8 Å². The number of halogens is 3. The first-order chi connectivity index (χ1) is 13.8. The van der Waals surface area contributed by atoms with Gasteiger partial charge in [0.05, 0.1) is 18.5 Å². The number of hydrogen-bond acceptors (Lipinski definition) is 3. The predicted molar refractivity (Wildman–Crippen MR) is 110 cm³/mol. The summed E-state index contributed by atoms with van der Waals surface area (Å²) in [4.78, 5) is 2.02. The van der Waals surface area contributed by atoms with Crippen LogP contribution < -0.4 is 15.0 Å². The molecule has 0 saturated carbocycles. The zero-order valence-corrected chi connectivity index (χ0v) is 16.5. The third kappa shape index (κ3) is 3.99. The first kappa shape index (κ1) is 19.5. The number of aromatic nitrogens is 1. The summed E-state index contributed by atoms with van der Waals surface area (Å²) in [6.07, 6.45) is -1.78. The quantitative estimate of drug-likeness (QED) is 0.605. The minimum absolute atomic E-state index is 0.153. The summed E-state index contributed by atoms with van der Waals surface area (Å²) in [7, 11) is 3.64. The molecule has 0 bridgehead atoms. The van der Waals surface area contributed by atoms with Gasteiger partial charge in [0.1, 0.15) is 5.75 Å². The number of benzene rings is 2.